The average molecular weight is 388 g/mol. The van der Waals surface area contributed by atoms with Gasteiger partial charge in [0.2, 0.25) is 0 Å². The summed E-state index contributed by atoms with van der Waals surface area (Å²) in [7, 11) is 0. The van der Waals surface area contributed by atoms with E-state index in [2.05, 4.69) is 23.6 Å². The van der Waals surface area contributed by atoms with Crippen LogP contribution in [0.15, 0.2) is 54.6 Å². The van der Waals surface area contributed by atoms with Crippen molar-refractivity contribution >= 4 is 28.3 Å². The highest BCUT2D eigenvalue weighted by Gasteiger charge is 2.18. The van der Waals surface area contributed by atoms with Gasteiger partial charge in [-0.1, -0.05) is 68.5 Å². The van der Waals surface area contributed by atoms with Crippen molar-refractivity contribution in [3.63, 3.8) is 0 Å². The van der Waals surface area contributed by atoms with Crippen molar-refractivity contribution in [1.82, 2.24) is 10.3 Å². The Labute approximate surface area is 172 Å². The van der Waals surface area contributed by atoms with Crippen molar-refractivity contribution in [1.29, 1.82) is 0 Å². The van der Waals surface area contributed by atoms with E-state index in [0.29, 0.717) is 11.4 Å². The Morgan fingerprint density at radius 3 is 2.41 bits per heavy atom. The lowest BCUT2D eigenvalue weighted by atomic mass is 9.96. The molecule has 0 spiro atoms. The number of pyridine rings is 1. The number of nitrogens with zero attached hydrogens (tertiary/aromatic N) is 1. The van der Waals surface area contributed by atoms with Gasteiger partial charge in [-0.15, -0.1) is 0 Å². The number of fused-ring (bicyclic) bond motifs is 1. The highest BCUT2D eigenvalue weighted by molar-refractivity contribution is 6.07. The predicted molar refractivity (Wildman–Crippen MR) is 120 cm³/mol. The lowest BCUT2D eigenvalue weighted by Crippen LogP contribution is -2.35. The van der Waals surface area contributed by atoms with Gasteiger partial charge in [0.25, 0.3) is 5.91 Å². The summed E-state index contributed by atoms with van der Waals surface area (Å²) in [6.07, 6.45) is 8.41. The Kier molecular flexibility index (Phi) is 6.09. The number of anilines is 2. The average Bonchev–Trinajstić information content (AvgIpc) is 2.71. The first-order valence-corrected chi connectivity index (χ1v) is 10.7. The van der Waals surface area contributed by atoms with Crippen LogP contribution in [0.2, 0.25) is 0 Å². The number of hydrogen-bond donors (Lipinski definition) is 2. The Hall–Kier alpha value is -2.88. The minimum Gasteiger partial charge on any atom is -0.349 e. The van der Waals surface area contributed by atoms with Crippen LogP contribution in [-0.2, 0) is 0 Å². The molecule has 3 aromatic rings. The summed E-state index contributed by atoms with van der Waals surface area (Å²) in [5, 5.41) is 7.59. The van der Waals surface area contributed by atoms with Crippen LogP contribution in [0, 0.1) is 6.92 Å². The number of amides is 1. The van der Waals surface area contributed by atoms with Crippen LogP contribution in [0.25, 0.3) is 10.9 Å². The smallest absolute Gasteiger partial charge is 0.252 e. The maximum absolute atomic E-state index is 13.2. The van der Waals surface area contributed by atoms with Gasteiger partial charge in [-0.2, -0.15) is 0 Å². The molecule has 4 heteroatoms. The van der Waals surface area contributed by atoms with E-state index >= 15 is 0 Å². The Morgan fingerprint density at radius 1 is 0.931 bits per heavy atom. The maximum atomic E-state index is 13.2. The third-order valence-corrected chi connectivity index (χ3v) is 5.81. The first kappa shape index (κ1) is 19.4. The SMILES string of the molecule is Cc1ccccc1Nc1cc(C(=O)NC2CCCCCCC2)c2ccccc2n1. The van der Waals surface area contributed by atoms with Crippen LogP contribution in [0.3, 0.4) is 0 Å². The zero-order chi connectivity index (χ0) is 20.1. The number of hydrogen-bond acceptors (Lipinski definition) is 3. The number of aromatic nitrogens is 1. The molecule has 1 amide bonds. The summed E-state index contributed by atoms with van der Waals surface area (Å²) in [6, 6.07) is 18.1. The lowest BCUT2D eigenvalue weighted by Gasteiger charge is -2.21. The van der Waals surface area contributed by atoms with Crippen LogP contribution in [-0.4, -0.2) is 16.9 Å². The summed E-state index contributed by atoms with van der Waals surface area (Å²) in [4.78, 5) is 18.0. The fourth-order valence-electron chi connectivity index (χ4n) is 4.14. The molecule has 2 aromatic carbocycles. The number of benzene rings is 2. The molecule has 29 heavy (non-hydrogen) atoms. The molecule has 4 rings (SSSR count). The minimum absolute atomic E-state index is 0.00186. The molecule has 0 atom stereocenters. The van der Waals surface area contributed by atoms with Gasteiger partial charge in [0.15, 0.2) is 0 Å². The number of para-hydroxylation sites is 2. The molecule has 0 radical (unpaired) electrons. The quantitative estimate of drug-likeness (QED) is 0.566. The first-order chi connectivity index (χ1) is 14.2. The second kappa shape index (κ2) is 9.08. The van der Waals surface area contributed by atoms with Gasteiger partial charge in [-0.25, -0.2) is 4.98 Å². The van der Waals surface area contributed by atoms with E-state index in [1.54, 1.807) is 0 Å². The van der Waals surface area contributed by atoms with E-state index in [1.807, 2.05) is 48.5 Å². The molecular formula is C25H29N3O. The van der Waals surface area contributed by atoms with E-state index in [0.717, 1.165) is 35.0 Å². The fraction of sp³-hybridized carbons (Fsp3) is 0.360. The normalized spacial score (nSPS) is 15.5. The number of carbonyl (C=O) groups excluding carboxylic acids is 1. The van der Waals surface area contributed by atoms with Gasteiger partial charge < -0.3 is 10.6 Å². The molecular weight excluding hydrogens is 358 g/mol. The summed E-state index contributed by atoms with van der Waals surface area (Å²) in [5.41, 5.74) is 3.66. The third-order valence-electron chi connectivity index (χ3n) is 5.81. The molecule has 1 aliphatic carbocycles. The van der Waals surface area contributed by atoms with Crippen LogP contribution < -0.4 is 10.6 Å². The van der Waals surface area contributed by atoms with Crippen LogP contribution in [0.1, 0.15) is 60.9 Å². The van der Waals surface area contributed by atoms with Gasteiger partial charge in [-0.05, 0) is 43.5 Å². The molecule has 1 fully saturated rings. The Morgan fingerprint density at radius 2 is 1.62 bits per heavy atom. The second-order valence-corrected chi connectivity index (χ2v) is 8.03. The van der Waals surface area contributed by atoms with Gasteiger partial charge in [0, 0.05) is 17.1 Å². The van der Waals surface area contributed by atoms with Crippen molar-refractivity contribution in [2.45, 2.75) is 57.9 Å². The van der Waals surface area contributed by atoms with Crippen LogP contribution >= 0.6 is 0 Å². The van der Waals surface area contributed by atoms with E-state index in [1.165, 1.54) is 32.1 Å². The first-order valence-electron chi connectivity index (χ1n) is 10.7. The summed E-state index contributed by atoms with van der Waals surface area (Å²) in [6.45, 7) is 2.06. The number of aryl methyl sites for hydroxylation is 1. The number of nitrogens with one attached hydrogen (secondary N) is 2. The van der Waals surface area contributed by atoms with E-state index in [4.69, 9.17) is 4.98 Å². The molecule has 1 aromatic heterocycles. The zero-order valence-electron chi connectivity index (χ0n) is 17.1. The van der Waals surface area contributed by atoms with Gasteiger partial charge in [-0.3, -0.25) is 4.79 Å². The maximum Gasteiger partial charge on any atom is 0.252 e. The molecule has 150 valence electrons. The highest BCUT2D eigenvalue weighted by Crippen LogP contribution is 2.25. The molecule has 1 saturated carbocycles. The molecule has 2 N–H and O–H groups in total. The lowest BCUT2D eigenvalue weighted by molar-refractivity contribution is 0.0932. The van der Waals surface area contributed by atoms with Crippen molar-refractivity contribution in [2.75, 3.05) is 5.32 Å². The fourth-order valence-corrected chi connectivity index (χ4v) is 4.14. The summed E-state index contributed by atoms with van der Waals surface area (Å²) >= 11 is 0. The Balaban J connectivity index is 1.63. The van der Waals surface area contributed by atoms with Gasteiger partial charge in [0.1, 0.15) is 5.82 Å². The molecule has 0 bridgehead atoms. The number of carbonyl (C=O) groups is 1. The molecule has 4 nitrogen and oxygen atoms in total. The predicted octanol–water partition coefficient (Wildman–Crippen LogP) is 6.13. The standard InChI is InChI=1S/C25H29N3O/c1-18-11-7-9-15-22(18)27-24-17-21(20-14-8-10-16-23(20)28-24)25(29)26-19-12-5-3-2-4-6-13-19/h7-11,14-17,19H,2-6,12-13H2,1H3,(H,26,29)(H,27,28). The van der Waals surface area contributed by atoms with Crippen molar-refractivity contribution in [3.05, 3.63) is 65.7 Å². The molecule has 1 heterocycles. The minimum atomic E-state index is 0.00186. The number of rotatable bonds is 4. The van der Waals surface area contributed by atoms with Crippen molar-refractivity contribution in [2.24, 2.45) is 0 Å². The topological polar surface area (TPSA) is 54.0 Å². The van der Waals surface area contributed by atoms with E-state index in [9.17, 15) is 4.79 Å². The van der Waals surface area contributed by atoms with Crippen molar-refractivity contribution in [3.8, 4) is 0 Å². The molecule has 0 saturated heterocycles. The highest BCUT2D eigenvalue weighted by atomic mass is 16.1. The zero-order valence-corrected chi connectivity index (χ0v) is 17.1. The van der Waals surface area contributed by atoms with E-state index in [-0.39, 0.29) is 11.9 Å². The van der Waals surface area contributed by atoms with E-state index < -0.39 is 0 Å². The summed E-state index contributed by atoms with van der Waals surface area (Å²) in [5.74, 6) is 0.697. The molecule has 0 unspecified atom stereocenters. The van der Waals surface area contributed by atoms with Gasteiger partial charge in [0.05, 0.1) is 11.1 Å². The largest absolute Gasteiger partial charge is 0.349 e. The third kappa shape index (κ3) is 4.76. The second-order valence-electron chi connectivity index (χ2n) is 8.03. The Bertz CT molecular complexity index is 990. The van der Waals surface area contributed by atoms with Crippen LogP contribution in [0.5, 0.6) is 0 Å². The van der Waals surface area contributed by atoms with Gasteiger partial charge >= 0.3 is 0 Å². The monoisotopic (exact) mass is 387 g/mol. The van der Waals surface area contributed by atoms with Crippen LogP contribution in [0.4, 0.5) is 11.5 Å². The van der Waals surface area contributed by atoms with Crippen molar-refractivity contribution < 1.29 is 4.79 Å². The summed E-state index contributed by atoms with van der Waals surface area (Å²) < 4.78 is 0. The molecule has 0 aliphatic heterocycles. The molecule has 1 aliphatic rings.